The molecule has 0 aromatic rings. The van der Waals surface area contributed by atoms with E-state index in [0.29, 0.717) is 5.92 Å². The van der Waals surface area contributed by atoms with Crippen molar-refractivity contribution in [3.8, 4) is 0 Å². The molecule has 0 N–H and O–H groups in total. The van der Waals surface area contributed by atoms with Gasteiger partial charge in [-0.15, -0.1) is 0 Å². The third-order valence-electron chi connectivity index (χ3n) is 1.45. The number of allylic oxidation sites excluding steroid dienone is 1. The van der Waals surface area contributed by atoms with E-state index in [4.69, 9.17) is 0 Å². The van der Waals surface area contributed by atoms with Crippen LogP contribution in [0.3, 0.4) is 0 Å². The fraction of sp³-hybridized carbons (Fsp3) is 0.750. The molecule has 9 heavy (non-hydrogen) atoms. The molecule has 0 spiro atoms. The van der Waals surface area contributed by atoms with E-state index in [0.717, 1.165) is 0 Å². The monoisotopic (exact) mass is 144 g/mol. The van der Waals surface area contributed by atoms with Gasteiger partial charge in [-0.3, -0.25) is 0 Å². The Hall–Kier alpha value is 0.0900. The minimum atomic E-state index is 0.669. The molecule has 0 aromatic heterocycles. The van der Waals surface area contributed by atoms with E-state index >= 15 is 0 Å². The molecule has 0 saturated heterocycles. The van der Waals surface area contributed by atoms with Crippen LogP contribution in [0.4, 0.5) is 0 Å². The van der Waals surface area contributed by atoms with E-state index in [9.17, 15) is 0 Å². The third-order valence-corrected chi connectivity index (χ3v) is 1.78. The van der Waals surface area contributed by atoms with Gasteiger partial charge in [0, 0.05) is 0 Å². The van der Waals surface area contributed by atoms with Gasteiger partial charge in [-0.05, 0) is 17.7 Å². The maximum absolute atomic E-state index is 4.13. The topological polar surface area (TPSA) is 0 Å². The summed E-state index contributed by atoms with van der Waals surface area (Å²) in [6, 6.07) is 0. The van der Waals surface area contributed by atoms with Crippen LogP contribution in [0.25, 0.3) is 0 Å². The van der Waals surface area contributed by atoms with Gasteiger partial charge in [0.25, 0.3) is 0 Å². The molecule has 0 amide bonds. The van der Waals surface area contributed by atoms with Crippen LogP contribution < -0.4 is 0 Å². The van der Waals surface area contributed by atoms with E-state index in [1.165, 1.54) is 18.4 Å². The second kappa shape index (κ2) is 4.92. The van der Waals surface area contributed by atoms with Crippen LogP contribution in [0.5, 0.6) is 0 Å². The Balaban J connectivity index is 3.70. The predicted octanol–water partition coefficient (Wildman–Crippen LogP) is 3.26. The van der Waals surface area contributed by atoms with Gasteiger partial charge in [-0.2, -0.15) is 12.6 Å². The number of thiol groups is 1. The summed E-state index contributed by atoms with van der Waals surface area (Å²) in [5.41, 5.74) is 1.46. The lowest BCUT2D eigenvalue weighted by Gasteiger charge is -2.07. The standard InChI is InChI=1S/C8H16S/c1-4-5-8(6-9)7(2)3/h6-7,9H,4-5H2,1-3H3/b8-6-. The van der Waals surface area contributed by atoms with E-state index in [-0.39, 0.29) is 0 Å². The fourth-order valence-corrected chi connectivity index (χ4v) is 1.22. The lowest BCUT2D eigenvalue weighted by Crippen LogP contribution is -1.91. The second-order valence-electron chi connectivity index (χ2n) is 2.61. The van der Waals surface area contributed by atoms with Crippen LogP contribution in [0.15, 0.2) is 11.0 Å². The zero-order chi connectivity index (χ0) is 7.28. The van der Waals surface area contributed by atoms with Gasteiger partial charge in [0.2, 0.25) is 0 Å². The van der Waals surface area contributed by atoms with Crippen molar-refractivity contribution >= 4 is 12.6 Å². The van der Waals surface area contributed by atoms with E-state index < -0.39 is 0 Å². The summed E-state index contributed by atoms with van der Waals surface area (Å²) < 4.78 is 0. The van der Waals surface area contributed by atoms with Gasteiger partial charge < -0.3 is 0 Å². The zero-order valence-corrected chi connectivity index (χ0v) is 7.41. The average Bonchev–Trinajstić information content (AvgIpc) is 1.82. The quantitative estimate of drug-likeness (QED) is 0.577. The first kappa shape index (κ1) is 9.09. The van der Waals surface area contributed by atoms with Crippen molar-refractivity contribution in [3.63, 3.8) is 0 Å². The highest BCUT2D eigenvalue weighted by Crippen LogP contribution is 2.15. The molecule has 0 unspecified atom stereocenters. The zero-order valence-electron chi connectivity index (χ0n) is 6.52. The van der Waals surface area contributed by atoms with Crippen LogP contribution in [-0.2, 0) is 0 Å². The molecule has 0 heterocycles. The van der Waals surface area contributed by atoms with Crippen molar-refractivity contribution in [1.29, 1.82) is 0 Å². The van der Waals surface area contributed by atoms with E-state index in [1.54, 1.807) is 0 Å². The van der Waals surface area contributed by atoms with Crippen LogP contribution in [0.1, 0.15) is 33.6 Å². The Kier molecular flexibility index (Phi) is 4.97. The first-order valence-corrected chi connectivity index (χ1v) is 4.07. The van der Waals surface area contributed by atoms with Gasteiger partial charge in [-0.1, -0.05) is 32.8 Å². The summed E-state index contributed by atoms with van der Waals surface area (Å²) in [5, 5.41) is 1.94. The first-order valence-electron chi connectivity index (χ1n) is 3.55. The largest absolute Gasteiger partial charge is 0.151 e. The maximum atomic E-state index is 4.13. The molecule has 0 atom stereocenters. The molecule has 54 valence electrons. The summed E-state index contributed by atoms with van der Waals surface area (Å²) in [6.07, 6.45) is 2.42. The van der Waals surface area contributed by atoms with Crippen LogP contribution in [0.2, 0.25) is 0 Å². The lowest BCUT2D eigenvalue weighted by atomic mass is 10.0. The smallest absolute Gasteiger partial charge is 0.0252 e. The van der Waals surface area contributed by atoms with Crippen molar-refractivity contribution in [3.05, 3.63) is 11.0 Å². The highest BCUT2D eigenvalue weighted by molar-refractivity contribution is 7.83. The van der Waals surface area contributed by atoms with Crippen molar-refractivity contribution in [2.24, 2.45) is 5.92 Å². The number of rotatable bonds is 3. The van der Waals surface area contributed by atoms with Gasteiger partial charge in [0.1, 0.15) is 0 Å². The molecule has 0 fully saturated rings. The number of hydrogen-bond acceptors (Lipinski definition) is 1. The molecule has 0 aliphatic rings. The Morgan fingerprint density at radius 2 is 2.11 bits per heavy atom. The minimum Gasteiger partial charge on any atom is -0.151 e. The first-order chi connectivity index (χ1) is 4.22. The van der Waals surface area contributed by atoms with Gasteiger partial charge in [0.05, 0.1) is 0 Å². The molecule has 0 aromatic carbocycles. The Morgan fingerprint density at radius 1 is 1.56 bits per heavy atom. The predicted molar refractivity (Wildman–Crippen MR) is 46.8 cm³/mol. The molecule has 0 aliphatic heterocycles. The second-order valence-corrected chi connectivity index (χ2v) is 2.87. The van der Waals surface area contributed by atoms with Crippen LogP contribution in [0, 0.1) is 5.92 Å². The van der Waals surface area contributed by atoms with Crippen LogP contribution in [-0.4, -0.2) is 0 Å². The number of hydrogen-bond donors (Lipinski definition) is 1. The highest BCUT2D eigenvalue weighted by Gasteiger charge is 1.98. The minimum absolute atomic E-state index is 0.669. The molecule has 0 radical (unpaired) electrons. The lowest BCUT2D eigenvalue weighted by molar-refractivity contribution is 0.704. The normalized spacial score (nSPS) is 12.8. The molecule has 1 heteroatoms. The maximum Gasteiger partial charge on any atom is -0.0252 e. The van der Waals surface area contributed by atoms with Gasteiger partial charge in [-0.25, -0.2) is 0 Å². The Morgan fingerprint density at radius 3 is 2.22 bits per heavy atom. The van der Waals surface area contributed by atoms with Crippen LogP contribution >= 0.6 is 12.6 Å². The van der Waals surface area contributed by atoms with Crippen molar-refractivity contribution < 1.29 is 0 Å². The van der Waals surface area contributed by atoms with Crippen molar-refractivity contribution in [1.82, 2.24) is 0 Å². The Bertz CT molecular complexity index is 92.7. The molecular weight excluding hydrogens is 128 g/mol. The SMILES string of the molecule is CCC/C(=C/S)C(C)C. The molecule has 0 saturated carbocycles. The summed E-state index contributed by atoms with van der Waals surface area (Å²) in [5.74, 6) is 0.669. The average molecular weight is 144 g/mol. The molecular formula is C8H16S. The molecule has 0 nitrogen and oxygen atoms in total. The summed E-state index contributed by atoms with van der Waals surface area (Å²) >= 11 is 4.13. The van der Waals surface area contributed by atoms with Gasteiger partial charge in [0.15, 0.2) is 0 Å². The highest BCUT2D eigenvalue weighted by atomic mass is 32.1. The summed E-state index contributed by atoms with van der Waals surface area (Å²) in [4.78, 5) is 0. The van der Waals surface area contributed by atoms with E-state index in [1.807, 2.05) is 5.41 Å². The fourth-order valence-electron chi connectivity index (χ4n) is 0.791. The van der Waals surface area contributed by atoms with Crippen molar-refractivity contribution in [2.45, 2.75) is 33.6 Å². The molecule has 0 aliphatic carbocycles. The van der Waals surface area contributed by atoms with E-state index in [2.05, 4.69) is 33.4 Å². The molecule has 0 rings (SSSR count). The summed E-state index contributed by atoms with van der Waals surface area (Å²) in [7, 11) is 0. The van der Waals surface area contributed by atoms with Gasteiger partial charge >= 0.3 is 0 Å². The summed E-state index contributed by atoms with van der Waals surface area (Å²) in [6.45, 7) is 6.61. The molecule has 0 bridgehead atoms. The third kappa shape index (κ3) is 3.63. The van der Waals surface area contributed by atoms with Crippen molar-refractivity contribution in [2.75, 3.05) is 0 Å². The Labute approximate surface area is 63.8 Å².